The summed E-state index contributed by atoms with van der Waals surface area (Å²) in [7, 11) is 1.83. The van der Waals surface area contributed by atoms with Gasteiger partial charge < -0.3 is 15.3 Å². The first-order chi connectivity index (χ1) is 9.10. The Kier molecular flexibility index (Phi) is 4.42. The number of aliphatic hydroxyl groups excluding tert-OH is 1. The molecule has 0 saturated carbocycles. The molecule has 1 saturated heterocycles. The average molecular weight is 266 g/mol. The van der Waals surface area contributed by atoms with E-state index >= 15 is 0 Å². The van der Waals surface area contributed by atoms with Crippen molar-refractivity contribution in [1.82, 2.24) is 5.32 Å². The van der Waals surface area contributed by atoms with Crippen LogP contribution in [0.4, 0.5) is 10.1 Å². The smallest absolute Gasteiger partial charge is 0.130 e. The maximum atomic E-state index is 14.1. The van der Waals surface area contributed by atoms with Crippen molar-refractivity contribution in [3.05, 3.63) is 29.6 Å². The van der Waals surface area contributed by atoms with E-state index in [4.69, 9.17) is 0 Å². The molecule has 3 atom stereocenters. The molecule has 1 heterocycles. The Balaban J connectivity index is 2.42. The van der Waals surface area contributed by atoms with Gasteiger partial charge in [0.2, 0.25) is 0 Å². The third kappa shape index (κ3) is 2.60. The predicted molar refractivity (Wildman–Crippen MR) is 75.9 cm³/mol. The summed E-state index contributed by atoms with van der Waals surface area (Å²) in [4.78, 5) is 2.15. The number of benzene rings is 1. The number of rotatable bonds is 4. The van der Waals surface area contributed by atoms with Gasteiger partial charge in [0.25, 0.3) is 0 Å². The van der Waals surface area contributed by atoms with Gasteiger partial charge in [-0.3, -0.25) is 0 Å². The molecule has 1 aliphatic heterocycles. The molecular formula is C15H23FN2O. The Labute approximate surface area is 114 Å². The second kappa shape index (κ2) is 5.88. The molecule has 2 rings (SSSR count). The van der Waals surface area contributed by atoms with Crippen molar-refractivity contribution < 1.29 is 9.50 Å². The highest BCUT2D eigenvalue weighted by atomic mass is 19.1. The van der Waals surface area contributed by atoms with E-state index in [-0.39, 0.29) is 24.5 Å². The normalized spacial score (nSPS) is 24.8. The van der Waals surface area contributed by atoms with Crippen LogP contribution >= 0.6 is 0 Å². The molecule has 106 valence electrons. The van der Waals surface area contributed by atoms with E-state index in [1.807, 2.05) is 20.0 Å². The van der Waals surface area contributed by atoms with Crippen molar-refractivity contribution in [3.8, 4) is 0 Å². The molecule has 3 unspecified atom stereocenters. The number of anilines is 1. The first-order valence-corrected chi connectivity index (χ1v) is 6.93. The Morgan fingerprint density at radius 3 is 2.89 bits per heavy atom. The van der Waals surface area contributed by atoms with Gasteiger partial charge in [-0.15, -0.1) is 0 Å². The number of hydrogen-bond donors (Lipinski definition) is 2. The summed E-state index contributed by atoms with van der Waals surface area (Å²) in [5, 5.41) is 12.7. The summed E-state index contributed by atoms with van der Waals surface area (Å²) in [6.07, 6.45) is 1.04. The van der Waals surface area contributed by atoms with Crippen LogP contribution in [0.15, 0.2) is 18.2 Å². The van der Waals surface area contributed by atoms with Gasteiger partial charge >= 0.3 is 0 Å². The van der Waals surface area contributed by atoms with Gasteiger partial charge in [0.15, 0.2) is 0 Å². The molecule has 19 heavy (non-hydrogen) atoms. The lowest BCUT2D eigenvalue weighted by molar-refractivity contribution is 0.244. The Hall–Kier alpha value is -1.13. The largest absolute Gasteiger partial charge is 0.394 e. The molecule has 0 bridgehead atoms. The summed E-state index contributed by atoms with van der Waals surface area (Å²) < 4.78 is 14.1. The van der Waals surface area contributed by atoms with E-state index in [0.717, 1.165) is 18.7 Å². The Morgan fingerprint density at radius 2 is 2.26 bits per heavy atom. The maximum Gasteiger partial charge on any atom is 0.130 e. The number of nitrogens with one attached hydrogen (secondary N) is 1. The zero-order valence-corrected chi connectivity index (χ0v) is 11.9. The summed E-state index contributed by atoms with van der Waals surface area (Å²) in [6, 6.07) is 5.23. The number of nitrogens with zero attached hydrogens (tertiary/aromatic N) is 1. The third-order valence-electron chi connectivity index (χ3n) is 4.27. The highest BCUT2D eigenvalue weighted by Crippen LogP contribution is 2.35. The van der Waals surface area contributed by atoms with Crippen molar-refractivity contribution in [1.29, 1.82) is 0 Å². The van der Waals surface area contributed by atoms with Gasteiger partial charge in [0.05, 0.1) is 12.6 Å². The lowest BCUT2D eigenvalue weighted by atomic mass is 10.0. The van der Waals surface area contributed by atoms with Crippen molar-refractivity contribution >= 4 is 5.69 Å². The highest BCUT2D eigenvalue weighted by molar-refractivity contribution is 5.57. The van der Waals surface area contributed by atoms with Crippen LogP contribution in [-0.2, 0) is 0 Å². The van der Waals surface area contributed by atoms with E-state index in [2.05, 4.69) is 17.1 Å². The third-order valence-corrected chi connectivity index (χ3v) is 4.27. The lowest BCUT2D eigenvalue weighted by Gasteiger charge is -2.31. The molecule has 0 spiro atoms. The van der Waals surface area contributed by atoms with Crippen LogP contribution < -0.4 is 10.2 Å². The highest BCUT2D eigenvalue weighted by Gasteiger charge is 2.32. The molecule has 3 nitrogen and oxygen atoms in total. The maximum absolute atomic E-state index is 14.1. The molecular weight excluding hydrogens is 243 g/mol. The molecule has 1 aromatic rings. The second-order valence-electron chi connectivity index (χ2n) is 5.39. The molecule has 0 aromatic heterocycles. The molecule has 1 aromatic carbocycles. The quantitative estimate of drug-likeness (QED) is 0.878. The first-order valence-electron chi connectivity index (χ1n) is 6.93. The van der Waals surface area contributed by atoms with Crippen LogP contribution in [0.25, 0.3) is 0 Å². The molecule has 1 aliphatic rings. The van der Waals surface area contributed by atoms with E-state index in [0.29, 0.717) is 11.5 Å². The summed E-state index contributed by atoms with van der Waals surface area (Å²) in [5.74, 6) is 0.251. The van der Waals surface area contributed by atoms with E-state index < -0.39 is 0 Å². The van der Waals surface area contributed by atoms with E-state index in [1.165, 1.54) is 6.07 Å². The van der Waals surface area contributed by atoms with Crippen molar-refractivity contribution in [2.75, 3.05) is 25.1 Å². The van der Waals surface area contributed by atoms with Crippen LogP contribution in [0, 0.1) is 11.7 Å². The van der Waals surface area contributed by atoms with Crippen molar-refractivity contribution in [2.45, 2.75) is 32.4 Å². The summed E-state index contributed by atoms with van der Waals surface area (Å²) >= 11 is 0. The molecule has 0 radical (unpaired) electrons. The minimum absolute atomic E-state index is 0.0496. The minimum Gasteiger partial charge on any atom is -0.394 e. The fourth-order valence-corrected chi connectivity index (χ4v) is 2.93. The van der Waals surface area contributed by atoms with Crippen molar-refractivity contribution in [2.24, 2.45) is 5.92 Å². The predicted octanol–water partition coefficient (Wildman–Crippen LogP) is 2.31. The van der Waals surface area contributed by atoms with Crippen LogP contribution in [0.2, 0.25) is 0 Å². The zero-order chi connectivity index (χ0) is 14.0. The topological polar surface area (TPSA) is 35.5 Å². The van der Waals surface area contributed by atoms with Gasteiger partial charge in [-0.1, -0.05) is 13.0 Å². The number of aliphatic hydroxyl groups is 1. The summed E-state index contributed by atoms with van der Waals surface area (Å²) in [6.45, 7) is 5.08. The van der Waals surface area contributed by atoms with Crippen molar-refractivity contribution in [3.63, 3.8) is 0 Å². The SMILES string of the molecule is CNC(C)c1c(F)cccc1N1CCC(C)C1CO. The zero-order valence-electron chi connectivity index (χ0n) is 11.9. The molecule has 2 N–H and O–H groups in total. The Morgan fingerprint density at radius 1 is 1.53 bits per heavy atom. The van der Waals surface area contributed by atoms with Gasteiger partial charge in [-0.2, -0.15) is 0 Å². The minimum atomic E-state index is -0.185. The number of halogens is 1. The van der Waals surface area contributed by atoms with E-state index in [1.54, 1.807) is 6.07 Å². The molecule has 1 fully saturated rings. The average Bonchev–Trinajstić information content (AvgIpc) is 2.78. The fourth-order valence-electron chi connectivity index (χ4n) is 2.93. The monoisotopic (exact) mass is 266 g/mol. The second-order valence-corrected chi connectivity index (χ2v) is 5.39. The standard InChI is InChI=1S/C15H23FN2O/c1-10-7-8-18(14(10)9-19)13-6-4-5-12(16)15(13)11(2)17-3/h4-6,10-11,14,17,19H,7-9H2,1-3H3. The van der Waals surface area contributed by atoms with E-state index in [9.17, 15) is 9.50 Å². The van der Waals surface area contributed by atoms with Gasteiger partial charge in [0.1, 0.15) is 5.82 Å². The fraction of sp³-hybridized carbons (Fsp3) is 0.600. The number of hydrogen-bond acceptors (Lipinski definition) is 3. The first kappa shape index (κ1) is 14.3. The lowest BCUT2D eigenvalue weighted by Crippen LogP contribution is -2.36. The van der Waals surface area contributed by atoms with Crippen LogP contribution in [0.3, 0.4) is 0 Å². The van der Waals surface area contributed by atoms with Gasteiger partial charge in [-0.25, -0.2) is 4.39 Å². The van der Waals surface area contributed by atoms with Crippen LogP contribution in [0.5, 0.6) is 0 Å². The van der Waals surface area contributed by atoms with Crippen LogP contribution in [0.1, 0.15) is 31.9 Å². The Bertz CT molecular complexity index is 438. The van der Waals surface area contributed by atoms with Crippen LogP contribution in [-0.4, -0.2) is 31.3 Å². The van der Waals surface area contributed by atoms with Gasteiger partial charge in [0, 0.05) is 23.8 Å². The molecule has 4 heteroatoms. The summed E-state index contributed by atoms with van der Waals surface area (Å²) in [5.41, 5.74) is 1.60. The molecule has 0 amide bonds. The molecule has 0 aliphatic carbocycles. The van der Waals surface area contributed by atoms with Gasteiger partial charge in [-0.05, 0) is 38.4 Å².